The monoisotopic (exact) mass is 201 g/mol. The molecule has 0 unspecified atom stereocenters. The number of para-hydroxylation sites is 1. The zero-order valence-electron chi connectivity index (χ0n) is 9.42. The summed E-state index contributed by atoms with van der Waals surface area (Å²) in [6.07, 6.45) is 4.48. The lowest BCUT2D eigenvalue weighted by Gasteiger charge is -2.15. The highest BCUT2D eigenvalue weighted by Crippen LogP contribution is 2.46. The third kappa shape index (κ3) is 1.92. The Kier molecular flexibility index (Phi) is 2.81. The van der Waals surface area contributed by atoms with Gasteiger partial charge in [-0.25, -0.2) is 0 Å². The molecule has 1 aliphatic carbocycles. The number of ether oxygens (including phenoxy) is 1. The second-order valence-corrected chi connectivity index (χ2v) is 4.09. The van der Waals surface area contributed by atoms with Crippen LogP contribution in [-0.2, 0) is 0 Å². The molecule has 1 aliphatic rings. The Hall–Kier alpha value is -1.24. The number of hydrogen-bond acceptors (Lipinski definition) is 1. The highest BCUT2D eigenvalue weighted by molar-refractivity contribution is 5.52. The van der Waals surface area contributed by atoms with Gasteiger partial charge in [-0.2, -0.15) is 0 Å². The van der Waals surface area contributed by atoms with Gasteiger partial charge in [-0.1, -0.05) is 31.2 Å². The molecule has 2 rings (SSSR count). The van der Waals surface area contributed by atoms with Gasteiger partial charge in [-0.05, 0) is 24.3 Å². The van der Waals surface area contributed by atoms with Crippen molar-refractivity contribution in [2.45, 2.75) is 25.7 Å². The first-order valence-electron chi connectivity index (χ1n) is 5.41. The van der Waals surface area contributed by atoms with Crippen molar-refractivity contribution in [3.63, 3.8) is 0 Å². The van der Waals surface area contributed by atoms with Gasteiger partial charge in [-0.3, -0.25) is 0 Å². The van der Waals surface area contributed by atoms with E-state index >= 15 is 0 Å². The molecule has 1 aromatic carbocycles. The zero-order chi connectivity index (χ0) is 10.8. The highest BCUT2D eigenvalue weighted by atomic mass is 16.5. The maximum Gasteiger partial charge on any atom is 0.126 e. The van der Waals surface area contributed by atoms with Crippen LogP contribution in [0, 0.1) is 5.92 Å². The van der Waals surface area contributed by atoms with Crippen LogP contribution in [0.4, 0.5) is 0 Å². The molecule has 0 bridgehead atoms. The maximum absolute atomic E-state index is 5.53. The third-order valence-electron chi connectivity index (χ3n) is 3.00. The summed E-state index contributed by atoms with van der Waals surface area (Å²) in [5.74, 6) is 2.93. The first-order valence-corrected chi connectivity index (χ1v) is 5.41. The molecule has 0 spiro atoms. The summed E-state index contributed by atoms with van der Waals surface area (Å²) in [5.41, 5.74) is 2.54. The highest BCUT2D eigenvalue weighted by Gasteiger charge is 2.28. The number of allylic oxidation sites excluding steroid dienone is 1. The van der Waals surface area contributed by atoms with Crippen LogP contribution in [-0.4, -0.2) is 7.11 Å². The topological polar surface area (TPSA) is 9.23 Å². The Balaban J connectivity index is 2.44. The SMILES string of the molecule is C=C[C](C)c1cccc(C2CC2)c1OC. The molecule has 0 saturated heterocycles. The van der Waals surface area contributed by atoms with Crippen LogP contribution in [0.15, 0.2) is 30.9 Å². The van der Waals surface area contributed by atoms with Gasteiger partial charge < -0.3 is 4.74 Å². The molecule has 0 atom stereocenters. The Bertz CT molecular complexity index is 364. The van der Waals surface area contributed by atoms with E-state index in [1.807, 2.05) is 6.08 Å². The molecule has 0 N–H and O–H groups in total. The van der Waals surface area contributed by atoms with E-state index in [0.717, 1.165) is 11.7 Å². The van der Waals surface area contributed by atoms with Crippen molar-refractivity contribution in [3.8, 4) is 5.75 Å². The second-order valence-electron chi connectivity index (χ2n) is 4.09. The van der Waals surface area contributed by atoms with Crippen LogP contribution in [0.2, 0.25) is 0 Å². The van der Waals surface area contributed by atoms with Crippen LogP contribution in [0.5, 0.6) is 5.75 Å². The van der Waals surface area contributed by atoms with Crippen molar-refractivity contribution in [2.75, 3.05) is 7.11 Å². The predicted molar refractivity (Wildman–Crippen MR) is 63.2 cm³/mol. The van der Waals surface area contributed by atoms with E-state index in [1.165, 1.54) is 29.9 Å². The molecule has 1 nitrogen and oxygen atoms in total. The lowest BCUT2D eigenvalue weighted by atomic mass is 9.96. The Morgan fingerprint density at radius 3 is 2.73 bits per heavy atom. The molecule has 1 saturated carbocycles. The molecule has 0 amide bonds. The molecular weight excluding hydrogens is 184 g/mol. The van der Waals surface area contributed by atoms with Gasteiger partial charge in [0.1, 0.15) is 5.75 Å². The predicted octanol–water partition coefficient (Wildman–Crippen LogP) is 3.70. The normalized spacial score (nSPS) is 15.4. The van der Waals surface area contributed by atoms with Crippen molar-refractivity contribution in [3.05, 3.63) is 47.9 Å². The molecule has 0 aliphatic heterocycles. The molecule has 1 radical (unpaired) electrons. The smallest absolute Gasteiger partial charge is 0.126 e. The molecule has 15 heavy (non-hydrogen) atoms. The second kappa shape index (κ2) is 4.09. The molecule has 1 aromatic rings. The van der Waals surface area contributed by atoms with E-state index in [2.05, 4.69) is 31.7 Å². The summed E-state index contributed by atoms with van der Waals surface area (Å²) in [6.45, 7) is 5.88. The minimum absolute atomic E-state index is 0.720. The average molecular weight is 201 g/mol. The summed E-state index contributed by atoms with van der Waals surface area (Å²) in [4.78, 5) is 0. The van der Waals surface area contributed by atoms with Crippen LogP contribution in [0.1, 0.15) is 36.8 Å². The summed E-state index contributed by atoms with van der Waals surface area (Å²) < 4.78 is 5.53. The molecule has 1 heteroatoms. The van der Waals surface area contributed by atoms with Gasteiger partial charge in [0, 0.05) is 11.5 Å². The molecule has 0 heterocycles. The average Bonchev–Trinajstić information content (AvgIpc) is 3.10. The van der Waals surface area contributed by atoms with Crippen LogP contribution < -0.4 is 4.74 Å². The molecule has 0 aromatic heterocycles. The summed E-state index contributed by atoms with van der Waals surface area (Å²) in [7, 11) is 1.75. The Morgan fingerprint density at radius 1 is 1.47 bits per heavy atom. The van der Waals surface area contributed by atoms with Crippen molar-refractivity contribution in [1.82, 2.24) is 0 Å². The first kappa shape index (κ1) is 10.3. The number of rotatable bonds is 4. The largest absolute Gasteiger partial charge is 0.496 e. The van der Waals surface area contributed by atoms with Gasteiger partial charge in [0.25, 0.3) is 0 Å². The van der Waals surface area contributed by atoms with E-state index in [-0.39, 0.29) is 0 Å². The molecule has 79 valence electrons. The van der Waals surface area contributed by atoms with E-state index in [1.54, 1.807) is 7.11 Å². The van der Waals surface area contributed by atoms with Crippen LogP contribution in [0.3, 0.4) is 0 Å². The maximum atomic E-state index is 5.53. The first-order chi connectivity index (χ1) is 7.27. The fraction of sp³-hybridized carbons (Fsp3) is 0.357. The fourth-order valence-electron chi connectivity index (χ4n) is 1.92. The van der Waals surface area contributed by atoms with Gasteiger partial charge >= 0.3 is 0 Å². The van der Waals surface area contributed by atoms with E-state index < -0.39 is 0 Å². The standard InChI is InChI=1S/C14H17O/c1-4-10(2)12-6-5-7-13(11-8-9-11)14(12)15-3/h4-7,11H,1,8-9H2,2-3H3. The quantitative estimate of drug-likeness (QED) is 0.721. The van der Waals surface area contributed by atoms with E-state index in [9.17, 15) is 0 Å². The molecule has 1 fully saturated rings. The summed E-state index contributed by atoms with van der Waals surface area (Å²) in [5, 5.41) is 0. The fourth-order valence-corrected chi connectivity index (χ4v) is 1.92. The van der Waals surface area contributed by atoms with Crippen molar-refractivity contribution < 1.29 is 4.74 Å². The van der Waals surface area contributed by atoms with Crippen molar-refractivity contribution >= 4 is 0 Å². The minimum atomic E-state index is 0.720. The summed E-state index contributed by atoms with van der Waals surface area (Å²) >= 11 is 0. The lowest BCUT2D eigenvalue weighted by Crippen LogP contribution is -1.99. The number of methoxy groups -OCH3 is 1. The lowest BCUT2D eigenvalue weighted by molar-refractivity contribution is 0.406. The third-order valence-corrected chi connectivity index (χ3v) is 3.00. The zero-order valence-corrected chi connectivity index (χ0v) is 9.42. The van der Waals surface area contributed by atoms with Crippen molar-refractivity contribution in [1.29, 1.82) is 0 Å². The van der Waals surface area contributed by atoms with Gasteiger partial charge in [0.2, 0.25) is 0 Å². The Morgan fingerprint density at radius 2 is 2.20 bits per heavy atom. The van der Waals surface area contributed by atoms with Crippen molar-refractivity contribution in [2.24, 2.45) is 0 Å². The minimum Gasteiger partial charge on any atom is -0.496 e. The number of benzene rings is 1. The Labute approximate surface area is 91.8 Å². The van der Waals surface area contributed by atoms with Gasteiger partial charge in [-0.15, -0.1) is 6.58 Å². The van der Waals surface area contributed by atoms with E-state index in [4.69, 9.17) is 4.74 Å². The van der Waals surface area contributed by atoms with E-state index in [0.29, 0.717) is 0 Å². The van der Waals surface area contributed by atoms with Crippen LogP contribution >= 0.6 is 0 Å². The number of hydrogen-bond donors (Lipinski definition) is 0. The molecular formula is C14H17O. The van der Waals surface area contributed by atoms with Gasteiger partial charge in [0.15, 0.2) is 0 Å². The van der Waals surface area contributed by atoms with Gasteiger partial charge in [0.05, 0.1) is 7.11 Å². The van der Waals surface area contributed by atoms with Crippen LogP contribution in [0.25, 0.3) is 0 Å². The summed E-state index contributed by atoms with van der Waals surface area (Å²) in [6, 6.07) is 6.39.